The molecule has 11 heavy (non-hydrogen) atoms. The van der Waals surface area contributed by atoms with Crippen LogP contribution < -0.4 is 0 Å². The van der Waals surface area contributed by atoms with Gasteiger partial charge in [-0.1, -0.05) is 5.16 Å². The van der Waals surface area contributed by atoms with Gasteiger partial charge in [-0.25, -0.2) is 0 Å². The molecule has 0 aliphatic rings. The van der Waals surface area contributed by atoms with Crippen LogP contribution in [0.3, 0.4) is 0 Å². The van der Waals surface area contributed by atoms with E-state index in [4.69, 9.17) is 4.52 Å². The second-order valence-electron chi connectivity index (χ2n) is 2.43. The zero-order valence-electron chi connectivity index (χ0n) is 6.16. The van der Waals surface area contributed by atoms with E-state index in [1.165, 1.54) is 0 Å². The first-order valence-corrected chi connectivity index (χ1v) is 3.43. The highest BCUT2D eigenvalue weighted by Crippen LogP contribution is 2.18. The fourth-order valence-electron chi connectivity index (χ4n) is 0.977. The molecular formula is C8H8N2O. The smallest absolute Gasteiger partial charge is 0.168 e. The lowest BCUT2D eigenvalue weighted by molar-refractivity contribution is 0.427. The number of nitrogens with one attached hydrogen (secondary N) is 1. The van der Waals surface area contributed by atoms with Gasteiger partial charge in [-0.15, -0.1) is 0 Å². The second kappa shape index (κ2) is 2.27. The molecule has 0 aliphatic heterocycles. The maximum Gasteiger partial charge on any atom is 0.168 e. The van der Waals surface area contributed by atoms with E-state index in [0.717, 1.165) is 17.0 Å². The molecule has 0 aliphatic carbocycles. The molecule has 3 heteroatoms. The number of H-pyrrole nitrogens is 1. The van der Waals surface area contributed by atoms with Gasteiger partial charge in [0.25, 0.3) is 0 Å². The standard InChI is InChI=1S/C8H8N2O/c1-6-4-8(11-10-6)7-2-3-9-5-7/h2-5,9H,1H3. The molecule has 1 N–H and O–H groups in total. The number of aromatic nitrogens is 2. The van der Waals surface area contributed by atoms with Gasteiger partial charge in [0.05, 0.1) is 5.69 Å². The van der Waals surface area contributed by atoms with Gasteiger partial charge in [0.2, 0.25) is 0 Å². The van der Waals surface area contributed by atoms with Gasteiger partial charge in [-0.05, 0) is 13.0 Å². The lowest BCUT2D eigenvalue weighted by atomic mass is 10.2. The van der Waals surface area contributed by atoms with Gasteiger partial charge in [0, 0.05) is 24.0 Å². The molecule has 56 valence electrons. The molecule has 2 rings (SSSR count). The molecule has 0 spiro atoms. The Morgan fingerprint density at radius 2 is 2.45 bits per heavy atom. The third-order valence-corrected chi connectivity index (χ3v) is 1.51. The zero-order valence-corrected chi connectivity index (χ0v) is 6.16. The maximum absolute atomic E-state index is 5.04. The summed E-state index contributed by atoms with van der Waals surface area (Å²) >= 11 is 0. The maximum atomic E-state index is 5.04. The number of aromatic amines is 1. The second-order valence-corrected chi connectivity index (χ2v) is 2.43. The SMILES string of the molecule is Cc1cc(-c2cc[nH]c2)on1. The van der Waals surface area contributed by atoms with E-state index in [1.807, 2.05) is 31.5 Å². The predicted molar refractivity (Wildman–Crippen MR) is 41.0 cm³/mol. The molecule has 0 radical (unpaired) electrons. The molecule has 0 fully saturated rings. The number of aryl methyl sites for hydroxylation is 1. The molecule has 0 bridgehead atoms. The summed E-state index contributed by atoms with van der Waals surface area (Å²) in [7, 11) is 0. The largest absolute Gasteiger partial charge is 0.367 e. The summed E-state index contributed by atoms with van der Waals surface area (Å²) < 4.78 is 5.04. The number of hydrogen-bond acceptors (Lipinski definition) is 2. The van der Waals surface area contributed by atoms with Crippen molar-refractivity contribution in [1.29, 1.82) is 0 Å². The van der Waals surface area contributed by atoms with Crippen LogP contribution in [0.25, 0.3) is 11.3 Å². The Balaban J connectivity index is 2.45. The van der Waals surface area contributed by atoms with Gasteiger partial charge >= 0.3 is 0 Å². The van der Waals surface area contributed by atoms with Crippen LogP contribution in [0.15, 0.2) is 29.0 Å². The molecule has 0 saturated heterocycles. The van der Waals surface area contributed by atoms with Crippen LogP contribution in [0.2, 0.25) is 0 Å². The van der Waals surface area contributed by atoms with Gasteiger partial charge in [0.1, 0.15) is 0 Å². The Morgan fingerprint density at radius 1 is 1.55 bits per heavy atom. The summed E-state index contributed by atoms with van der Waals surface area (Å²) in [6.45, 7) is 1.90. The molecule has 0 unspecified atom stereocenters. The first kappa shape index (κ1) is 6.22. The third-order valence-electron chi connectivity index (χ3n) is 1.51. The van der Waals surface area contributed by atoms with Crippen molar-refractivity contribution < 1.29 is 4.52 Å². The van der Waals surface area contributed by atoms with Crippen LogP contribution in [0.1, 0.15) is 5.69 Å². The quantitative estimate of drug-likeness (QED) is 0.671. The molecule has 0 saturated carbocycles. The van der Waals surface area contributed by atoms with Crippen molar-refractivity contribution in [3.63, 3.8) is 0 Å². The highest BCUT2D eigenvalue weighted by Gasteiger charge is 2.02. The van der Waals surface area contributed by atoms with E-state index in [2.05, 4.69) is 10.1 Å². The summed E-state index contributed by atoms with van der Waals surface area (Å²) in [5, 5.41) is 3.78. The van der Waals surface area contributed by atoms with E-state index in [9.17, 15) is 0 Å². The van der Waals surface area contributed by atoms with Crippen molar-refractivity contribution in [1.82, 2.24) is 10.1 Å². The zero-order chi connectivity index (χ0) is 7.68. The first-order chi connectivity index (χ1) is 5.36. The summed E-state index contributed by atoms with van der Waals surface area (Å²) in [6, 6.07) is 3.85. The molecule has 0 amide bonds. The van der Waals surface area contributed by atoms with E-state index in [1.54, 1.807) is 0 Å². The molecule has 2 aromatic heterocycles. The Kier molecular flexibility index (Phi) is 1.28. The summed E-state index contributed by atoms with van der Waals surface area (Å²) in [5.74, 6) is 0.809. The van der Waals surface area contributed by atoms with E-state index in [0.29, 0.717) is 0 Å². The average molecular weight is 148 g/mol. The Hall–Kier alpha value is -1.51. The van der Waals surface area contributed by atoms with Crippen LogP contribution in [-0.4, -0.2) is 10.1 Å². The van der Waals surface area contributed by atoms with Crippen molar-refractivity contribution in [2.75, 3.05) is 0 Å². The van der Waals surface area contributed by atoms with Gasteiger partial charge in [-0.3, -0.25) is 0 Å². The summed E-state index contributed by atoms with van der Waals surface area (Å²) in [6.07, 6.45) is 3.73. The van der Waals surface area contributed by atoms with Gasteiger partial charge in [0.15, 0.2) is 5.76 Å². The van der Waals surface area contributed by atoms with Crippen molar-refractivity contribution in [2.45, 2.75) is 6.92 Å². The summed E-state index contributed by atoms with van der Waals surface area (Å²) in [5.41, 5.74) is 1.94. The normalized spacial score (nSPS) is 10.3. The fourth-order valence-corrected chi connectivity index (χ4v) is 0.977. The van der Waals surface area contributed by atoms with Gasteiger partial charge < -0.3 is 9.51 Å². The number of nitrogens with zero attached hydrogens (tertiary/aromatic N) is 1. The van der Waals surface area contributed by atoms with E-state index < -0.39 is 0 Å². The minimum Gasteiger partial charge on any atom is -0.367 e. The Labute approximate surface area is 64.0 Å². The van der Waals surface area contributed by atoms with Crippen LogP contribution >= 0.6 is 0 Å². The molecule has 0 aromatic carbocycles. The minimum absolute atomic E-state index is 0.809. The predicted octanol–water partition coefficient (Wildman–Crippen LogP) is 1.98. The summed E-state index contributed by atoms with van der Waals surface area (Å²) in [4.78, 5) is 2.95. The van der Waals surface area contributed by atoms with Crippen LogP contribution in [0.5, 0.6) is 0 Å². The monoisotopic (exact) mass is 148 g/mol. The van der Waals surface area contributed by atoms with E-state index in [-0.39, 0.29) is 0 Å². The lowest BCUT2D eigenvalue weighted by Crippen LogP contribution is -1.63. The lowest BCUT2D eigenvalue weighted by Gasteiger charge is -1.82. The van der Waals surface area contributed by atoms with Crippen LogP contribution in [0.4, 0.5) is 0 Å². The first-order valence-electron chi connectivity index (χ1n) is 3.43. The fraction of sp³-hybridized carbons (Fsp3) is 0.125. The number of hydrogen-bond donors (Lipinski definition) is 1. The molecule has 2 aromatic rings. The number of rotatable bonds is 1. The topological polar surface area (TPSA) is 41.8 Å². The third kappa shape index (κ3) is 1.05. The van der Waals surface area contributed by atoms with Crippen molar-refractivity contribution in [3.05, 3.63) is 30.2 Å². The van der Waals surface area contributed by atoms with Crippen LogP contribution in [0, 0.1) is 6.92 Å². The van der Waals surface area contributed by atoms with Crippen molar-refractivity contribution in [2.24, 2.45) is 0 Å². The molecule has 3 nitrogen and oxygen atoms in total. The van der Waals surface area contributed by atoms with Crippen molar-refractivity contribution in [3.8, 4) is 11.3 Å². The van der Waals surface area contributed by atoms with E-state index >= 15 is 0 Å². The van der Waals surface area contributed by atoms with Crippen molar-refractivity contribution >= 4 is 0 Å². The highest BCUT2D eigenvalue weighted by atomic mass is 16.5. The molecular weight excluding hydrogens is 140 g/mol. The van der Waals surface area contributed by atoms with Crippen LogP contribution in [-0.2, 0) is 0 Å². The Bertz CT molecular complexity index is 335. The minimum atomic E-state index is 0.809. The van der Waals surface area contributed by atoms with Gasteiger partial charge in [-0.2, -0.15) is 0 Å². The Morgan fingerprint density at radius 3 is 3.00 bits per heavy atom. The highest BCUT2D eigenvalue weighted by molar-refractivity contribution is 5.55. The molecule has 2 heterocycles. The average Bonchev–Trinajstić information content (AvgIpc) is 2.55. The molecule has 0 atom stereocenters.